The normalized spacial score (nSPS) is 10.9. The average molecular weight is 492 g/mol. The van der Waals surface area contributed by atoms with Gasteiger partial charge in [0.2, 0.25) is 0 Å². The van der Waals surface area contributed by atoms with Gasteiger partial charge >= 0.3 is 5.97 Å². The summed E-state index contributed by atoms with van der Waals surface area (Å²) in [6.45, 7) is 2.01. The zero-order valence-electron chi connectivity index (χ0n) is 17.4. The van der Waals surface area contributed by atoms with Gasteiger partial charge in [-0.05, 0) is 31.2 Å². The average Bonchev–Trinajstić information content (AvgIpc) is 3.57. The Morgan fingerprint density at radius 3 is 2.48 bits per heavy atom. The number of aromatic nitrogens is 2. The molecule has 3 aromatic heterocycles. The molecule has 0 saturated heterocycles. The number of anilines is 1. The predicted octanol–water partition coefficient (Wildman–Crippen LogP) is 6.58. The van der Waals surface area contributed by atoms with Crippen molar-refractivity contribution in [2.24, 2.45) is 0 Å². The fourth-order valence-corrected chi connectivity index (χ4v) is 6.01. The van der Waals surface area contributed by atoms with E-state index in [0.29, 0.717) is 20.6 Å². The largest absolute Gasteiger partial charge is 0.462 e. The van der Waals surface area contributed by atoms with Crippen molar-refractivity contribution >= 4 is 61.2 Å². The summed E-state index contributed by atoms with van der Waals surface area (Å²) in [6.07, 6.45) is 0. The number of thiazole rings is 2. The molecular formula is C24H17N3O3S3. The number of esters is 1. The van der Waals surface area contributed by atoms with Crippen LogP contribution >= 0.6 is 34.0 Å². The maximum atomic E-state index is 12.9. The maximum absolute atomic E-state index is 12.9. The lowest BCUT2D eigenvalue weighted by molar-refractivity contribution is 0.0532. The Kier molecular flexibility index (Phi) is 5.99. The molecule has 0 radical (unpaired) electrons. The van der Waals surface area contributed by atoms with E-state index >= 15 is 0 Å². The third kappa shape index (κ3) is 4.43. The molecule has 0 aliphatic rings. The Bertz CT molecular complexity index is 1420. The summed E-state index contributed by atoms with van der Waals surface area (Å²) >= 11 is 4.08. The van der Waals surface area contributed by atoms with E-state index in [4.69, 9.17) is 4.74 Å². The highest BCUT2D eigenvalue weighted by atomic mass is 32.1. The Morgan fingerprint density at radius 1 is 0.909 bits per heavy atom. The van der Waals surface area contributed by atoms with E-state index in [9.17, 15) is 9.59 Å². The number of para-hydroxylation sites is 1. The topological polar surface area (TPSA) is 81.2 Å². The van der Waals surface area contributed by atoms with Gasteiger partial charge in [-0.1, -0.05) is 53.8 Å². The van der Waals surface area contributed by atoms with E-state index in [1.54, 1.807) is 24.3 Å². The van der Waals surface area contributed by atoms with E-state index in [1.807, 2.05) is 60.7 Å². The van der Waals surface area contributed by atoms with Crippen LogP contribution in [0.25, 0.3) is 31.4 Å². The van der Waals surface area contributed by atoms with E-state index in [2.05, 4.69) is 15.3 Å². The molecule has 0 atom stereocenters. The molecule has 9 heteroatoms. The van der Waals surface area contributed by atoms with Crippen LogP contribution in [-0.2, 0) is 4.74 Å². The van der Waals surface area contributed by atoms with Crippen LogP contribution in [-0.4, -0.2) is 28.5 Å². The number of nitrogens with zero attached hydrogens (tertiary/aromatic N) is 2. The summed E-state index contributed by atoms with van der Waals surface area (Å²) in [4.78, 5) is 36.4. The van der Waals surface area contributed by atoms with E-state index in [-0.39, 0.29) is 12.5 Å². The molecule has 0 spiro atoms. The number of ether oxygens (including phenoxy) is 1. The summed E-state index contributed by atoms with van der Waals surface area (Å²) in [7, 11) is 0. The van der Waals surface area contributed by atoms with Gasteiger partial charge in [0.15, 0.2) is 5.13 Å². The fourth-order valence-electron chi connectivity index (χ4n) is 3.21. The van der Waals surface area contributed by atoms with Crippen molar-refractivity contribution in [1.29, 1.82) is 0 Å². The number of fused-ring (bicyclic) bond motifs is 1. The molecule has 0 fully saturated rings. The minimum atomic E-state index is -0.455. The van der Waals surface area contributed by atoms with Crippen molar-refractivity contribution in [3.05, 3.63) is 76.5 Å². The smallest absolute Gasteiger partial charge is 0.350 e. The molecule has 1 N–H and O–H groups in total. The first-order valence-electron chi connectivity index (χ1n) is 10.1. The van der Waals surface area contributed by atoms with Crippen molar-refractivity contribution in [3.63, 3.8) is 0 Å². The van der Waals surface area contributed by atoms with Crippen LogP contribution in [0.2, 0.25) is 0 Å². The number of thiophene rings is 1. The van der Waals surface area contributed by atoms with Gasteiger partial charge in [0.05, 0.1) is 32.3 Å². The second-order valence-corrected chi connectivity index (χ2v) is 10.0. The molecule has 0 saturated carbocycles. The number of benzene rings is 2. The van der Waals surface area contributed by atoms with E-state index in [1.165, 1.54) is 11.3 Å². The molecule has 5 rings (SSSR count). The van der Waals surface area contributed by atoms with Gasteiger partial charge in [-0.3, -0.25) is 10.1 Å². The number of carbonyl (C=O) groups is 2. The fraction of sp³-hybridized carbons (Fsp3) is 0.0833. The molecule has 0 aliphatic carbocycles. The molecular weight excluding hydrogens is 474 g/mol. The molecule has 0 aliphatic heterocycles. The van der Waals surface area contributed by atoms with Crippen molar-refractivity contribution in [2.45, 2.75) is 6.92 Å². The molecule has 6 nitrogen and oxygen atoms in total. The van der Waals surface area contributed by atoms with Crippen LogP contribution in [0, 0.1) is 0 Å². The van der Waals surface area contributed by atoms with Crippen LogP contribution in [0.5, 0.6) is 0 Å². The number of amides is 1. The SMILES string of the molecule is CCOC(=O)c1sc(NC(=O)c2ccc(-c3nc4ccccc4s3)s2)nc1-c1ccccc1. The molecule has 5 aromatic rings. The van der Waals surface area contributed by atoms with Crippen LogP contribution in [0.1, 0.15) is 26.3 Å². The Labute approximate surface area is 201 Å². The van der Waals surface area contributed by atoms with Gasteiger partial charge in [-0.15, -0.1) is 22.7 Å². The first kappa shape index (κ1) is 21.4. The first-order valence-corrected chi connectivity index (χ1v) is 12.6. The van der Waals surface area contributed by atoms with Crippen molar-refractivity contribution in [1.82, 2.24) is 9.97 Å². The molecule has 1 amide bonds. The van der Waals surface area contributed by atoms with E-state index < -0.39 is 5.97 Å². The van der Waals surface area contributed by atoms with Gasteiger partial charge < -0.3 is 4.74 Å². The van der Waals surface area contributed by atoms with Gasteiger partial charge in [-0.25, -0.2) is 14.8 Å². The monoisotopic (exact) mass is 491 g/mol. The number of hydrogen-bond donors (Lipinski definition) is 1. The van der Waals surface area contributed by atoms with Gasteiger partial charge in [-0.2, -0.15) is 0 Å². The predicted molar refractivity (Wildman–Crippen MR) is 134 cm³/mol. The second-order valence-electron chi connectivity index (χ2n) is 6.89. The number of hydrogen-bond acceptors (Lipinski definition) is 8. The highest BCUT2D eigenvalue weighted by molar-refractivity contribution is 7.26. The Hall–Kier alpha value is -3.40. The zero-order valence-corrected chi connectivity index (χ0v) is 19.9. The first-order chi connectivity index (χ1) is 16.1. The quantitative estimate of drug-likeness (QED) is 0.271. The van der Waals surface area contributed by atoms with Crippen molar-refractivity contribution in [2.75, 3.05) is 11.9 Å². The van der Waals surface area contributed by atoms with Crippen molar-refractivity contribution in [3.8, 4) is 21.1 Å². The lowest BCUT2D eigenvalue weighted by Crippen LogP contribution is -2.09. The summed E-state index contributed by atoms with van der Waals surface area (Å²) in [5, 5.41) is 4.06. The highest BCUT2D eigenvalue weighted by Gasteiger charge is 2.22. The van der Waals surface area contributed by atoms with Crippen LogP contribution in [0.4, 0.5) is 5.13 Å². The van der Waals surface area contributed by atoms with Crippen LogP contribution < -0.4 is 5.32 Å². The molecule has 33 heavy (non-hydrogen) atoms. The standard InChI is InChI=1S/C24H17N3O3S3/c1-2-30-23(29)20-19(14-8-4-3-5-9-14)26-24(33-20)27-21(28)17-12-13-18(31-17)22-25-15-10-6-7-11-16(15)32-22/h3-13H,2H2,1H3,(H,26,27,28). The van der Waals surface area contributed by atoms with Crippen LogP contribution in [0.3, 0.4) is 0 Å². The second kappa shape index (κ2) is 9.22. The third-order valence-electron chi connectivity index (χ3n) is 4.69. The summed E-state index contributed by atoms with van der Waals surface area (Å²) < 4.78 is 6.29. The minimum Gasteiger partial charge on any atom is -0.462 e. The molecule has 0 bridgehead atoms. The Morgan fingerprint density at radius 2 is 1.70 bits per heavy atom. The maximum Gasteiger partial charge on any atom is 0.350 e. The number of rotatable bonds is 6. The van der Waals surface area contributed by atoms with Gasteiger partial charge in [0.25, 0.3) is 5.91 Å². The summed E-state index contributed by atoms with van der Waals surface area (Å²) in [5.74, 6) is -0.736. The number of nitrogens with one attached hydrogen (secondary N) is 1. The Balaban J connectivity index is 1.40. The molecule has 164 valence electrons. The van der Waals surface area contributed by atoms with Gasteiger partial charge in [0, 0.05) is 5.56 Å². The summed E-state index contributed by atoms with van der Waals surface area (Å²) in [5.41, 5.74) is 2.22. The third-order valence-corrected chi connectivity index (χ3v) is 7.93. The minimum absolute atomic E-state index is 0.260. The highest BCUT2D eigenvalue weighted by Crippen LogP contribution is 2.36. The lowest BCUT2D eigenvalue weighted by Gasteiger charge is -2.01. The molecule has 0 unspecified atom stereocenters. The number of carbonyl (C=O) groups excluding carboxylic acids is 2. The van der Waals surface area contributed by atoms with E-state index in [0.717, 1.165) is 37.0 Å². The zero-order chi connectivity index (χ0) is 22.8. The van der Waals surface area contributed by atoms with Crippen LogP contribution in [0.15, 0.2) is 66.7 Å². The van der Waals surface area contributed by atoms with Crippen molar-refractivity contribution < 1.29 is 14.3 Å². The molecule has 2 aromatic carbocycles. The van der Waals surface area contributed by atoms with Gasteiger partial charge in [0.1, 0.15) is 9.88 Å². The lowest BCUT2D eigenvalue weighted by atomic mass is 10.1. The molecule has 3 heterocycles. The summed E-state index contributed by atoms with van der Waals surface area (Å²) in [6, 6.07) is 21.0.